The second-order valence-corrected chi connectivity index (χ2v) is 9.33. The van der Waals surface area contributed by atoms with Gasteiger partial charge in [-0.3, -0.25) is 10.2 Å². The molecule has 0 bridgehead atoms. The third kappa shape index (κ3) is 5.52. The van der Waals surface area contributed by atoms with Gasteiger partial charge in [0.2, 0.25) is 10.0 Å². The van der Waals surface area contributed by atoms with E-state index in [4.69, 9.17) is 21.0 Å². The maximum absolute atomic E-state index is 12.9. The number of amidine groups is 1. The molecule has 36 heavy (non-hydrogen) atoms. The van der Waals surface area contributed by atoms with Crippen molar-refractivity contribution < 1.29 is 23.1 Å². The molecular weight excluding hydrogens is 480 g/mol. The number of nitrogens with two attached hydrogens (primary N) is 2. The molecule has 0 unspecified atom stereocenters. The summed E-state index contributed by atoms with van der Waals surface area (Å²) in [5.41, 5.74) is 7.61. The summed E-state index contributed by atoms with van der Waals surface area (Å²) in [5, 5.41) is 25.6. The zero-order chi connectivity index (χ0) is 25.9. The van der Waals surface area contributed by atoms with Crippen LogP contribution in [-0.4, -0.2) is 25.3 Å². The first-order chi connectivity index (χ1) is 17.1. The molecule has 0 radical (unpaired) electrons. The number of aromatic hydroxyl groups is 1. The number of sulfonamides is 1. The van der Waals surface area contributed by atoms with Gasteiger partial charge in [-0.1, -0.05) is 42.5 Å². The van der Waals surface area contributed by atoms with Gasteiger partial charge in [0, 0.05) is 22.8 Å². The second-order valence-electron chi connectivity index (χ2n) is 7.80. The van der Waals surface area contributed by atoms with E-state index in [2.05, 4.69) is 5.32 Å². The average Bonchev–Trinajstić information content (AvgIpc) is 2.85. The van der Waals surface area contributed by atoms with Crippen LogP contribution in [-0.2, 0) is 10.0 Å². The number of amides is 1. The number of primary sulfonamides is 1. The Balaban J connectivity index is 1.58. The van der Waals surface area contributed by atoms with Crippen molar-refractivity contribution in [2.45, 2.75) is 4.90 Å². The van der Waals surface area contributed by atoms with E-state index in [1.807, 2.05) is 0 Å². The van der Waals surface area contributed by atoms with Gasteiger partial charge >= 0.3 is 0 Å². The number of benzene rings is 4. The number of phenolic OH excluding ortho intramolecular Hbond substituents is 1. The van der Waals surface area contributed by atoms with Crippen LogP contribution in [0.1, 0.15) is 15.9 Å². The van der Waals surface area contributed by atoms with Crippen molar-refractivity contribution in [2.75, 3.05) is 5.32 Å². The van der Waals surface area contributed by atoms with Crippen molar-refractivity contribution in [2.24, 2.45) is 10.9 Å². The number of hydrogen-bond donors (Lipinski definition) is 5. The molecule has 0 aromatic heterocycles. The van der Waals surface area contributed by atoms with Crippen LogP contribution in [0.25, 0.3) is 11.1 Å². The molecule has 0 saturated carbocycles. The molecule has 0 aliphatic heterocycles. The zero-order valence-corrected chi connectivity index (χ0v) is 19.6. The van der Waals surface area contributed by atoms with Gasteiger partial charge in [0.25, 0.3) is 5.91 Å². The van der Waals surface area contributed by atoms with Gasteiger partial charge in [0.15, 0.2) is 5.75 Å². The van der Waals surface area contributed by atoms with E-state index in [0.717, 1.165) is 0 Å². The molecule has 4 aromatic rings. The first kappa shape index (κ1) is 24.5. The van der Waals surface area contributed by atoms with Gasteiger partial charge in [0.1, 0.15) is 17.3 Å². The van der Waals surface area contributed by atoms with Crippen LogP contribution in [0.5, 0.6) is 17.2 Å². The highest BCUT2D eigenvalue weighted by Crippen LogP contribution is 2.34. The Labute approximate surface area is 207 Å². The lowest BCUT2D eigenvalue weighted by Gasteiger charge is -2.14. The third-order valence-electron chi connectivity index (χ3n) is 5.24. The van der Waals surface area contributed by atoms with Gasteiger partial charge < -0.3 is 20.9 Å². The summed E-state index contributed by atoms with van der Waals surface area (Å²) in [5.74, 6) is -0.0950. The zero-order valence-electron chi connectivity index (χ0n) is 18.8. The summed E-state index contributed by atoms with van der Waals surface area (Å²) in [6, 6.07) is 23.5. The number of ether oxygens (including phenoxy) is 1. The highest BCUT2D eigenvalue weighted by atomic mass is 32.2. The molecular formula is C26H22N4O5S. The van der Waals surface area contributed by atoms with Crippen molar-refractivity contribution in [3.63, 3.8) is 0 Å². The van der Waals surface area contributed by atoms with Crippen molar-refractivity contribution in [1.29, 1.82) is 5.41 Å². The first-order valence-electron chi connectivity index (χ1n) is 10.6. The molecule has 7 N–H and O–H groups in total. The van der Waals surface area contributed by atoms with Crippen molar-refractivity contribution in [3.05, 3.63) is 102 Å². The van der Waals surface area contributed by atoms with E-state index in [-0.39, 0.29) is 22.2 Å². The minimum Gasteiger partial charge on any atom is -0.508 e. The van der Waals surface area contributed by atoms with Gasteiger partial charge in [-0.05, 0) is 48.0 Å². The quantitative estimate of drug-likeness (QED) is 0.145. The van der Waals surface area contributed by atoms with E-state index >= 15 is 0 Å². The molecule has 0 atom stereocenters. The monoisotopic (exact) mass is 502 g/mol. The highest BCUT2D eigenvalue weighted by Gasteiger charge is 2.16. The summed E-state index contributed by atoms with van der Waals surface area (Å²) in [6.07, 6.45) is 0. The minimum atomic E-state index is -3.92. The second kappa shape index (κ2) is 9.90. The Hall–Kier alpha value is -4.67. The summed E-state index contributed by atoms with van der Waals surface area (Å²) >= 11 is 0. The molecule has 0 aliphatic rings. The summed E-state index contributed by atoms with van der Waals surface area (Å²) < 4.78 is 29.7. The van der Waals surface area contributed by atoms with E-state index in [1.54, 1.807) is 66.7 Å². The Bertz CT molecular complexity index is 1570. The number of carbonyl (C=O) groups excluding carboxylic acids is 1. The number of rotatable bonds is 7. The summed E-state index contributed by atoms with van der Waals surface area (Å²) in [7, 11) is -3.92. The summed E-state index contributed by atoms with van der Waals surface area (Å²) in [6.45, 7) is 0. The fourth-order valence-corrected chi connectivity index (χ4v) is 4.26. The van der Waals surface area contributed by atoms with Gasteiger partial charge in [0.05, 0.1) is 10.6 Å². The molecule has 0 aliphatic carbocycles. The fraction of sp³-hybridized carbons (Fsp3) is 0. The highest BCUT2D eigenvalue weighted by molar-refractivity contribution is 7.89. The SMILES string of the molecule is N=C(N)c1cccc(Oc2cc(O)ccc2NC(=O)c2ccc(-c3ccccc3S(N)(=O)=O)cc2)c1. The molecule has 4 aromatic carbocycles. The molecule has 0 fully saturated rings. The van der Waals surface area contributed by atoms with Crippen molar-refractivity contribution >= 4 is 27.5 Å². The average molecular weight is 503 g/mol. The van der Waals surface area contributed by atoms with Crippen LogP contribution in [0, 0.1) is 5.41 Å². The summed E-state index contributed by atoms with van der Waals surface area (Å²) in [4.78, 5) is 12.9. The predicted octanol–water partition coefficient (Wildman–Crippen LogP) is 4.04. The lowest BCUT2D eigenvalue weighted by molar-refractivity contribution is 0.102. The number of anilines is 1. The lowest BCUT2D eigenvalue weighted by Crippen LogP contribution is -2.14. The molecule has 9 nitrogen and oxygen atoms in total. The van der Waals surface area contributed by atoms with Crippen molar-refractivity contribution in [1.82, 2.24) is 0 Å². The van der Waals surface area contributed by atoms with Crippen LogP contribution in [0.15, 0.2) is 95.9 Å². The molecule has 182 valence electrons. The predicted molar refractivity (Wildman–Crippen MR) is 137 cm³/mol. The number of nitrogens with one attached hydrogen (secondary N) is 2. The number of carbonyl (C=O) groups is 1. The number of hydrogen-bond acceptors (Lipinski definition) is 6. The van der Waals surface area contributed by atoms with Crippen LogP contribution in [0.2, 0.25) is 0 Å². The van der Waals surface area contributed by atoms with Crippen molar-refractivity contribution in [3.8, 4) is 28.4 Å². The molecule has 0 saturated heterocycles. The third-order valence-corrected chi connectivity index (χ3v) is 6.21. The van der Waals surface area contributed by atoms with Crippen LogP contribution in [0.4, 0.5) is 5.69 Å². The number of nitrogen functional groups attached to an aromatic ring is 1. The standard InChI is InChI=1S/C26H22N4O5S/c27-25(28)18-4-3-5-20(14-18)35-23-15-19(31)12-13-22(23)30-26(32)17-10-8-16(9-11-17)21-6-1-2-7-24(21)36(29,33)34/h1-15,31H,(H3,27,28)(H,30,32)(H2,29,33,34). The number of phenols is 1. The van der Waals surface area contributed by atoms with E-state index in [1.165, 1.54) is 24.3 Å². The smallest absolute Gasteiger partial charge is 0.255 e. The molecule has 10 heteroatoms. The Morgan fingerprint density at radius 1 is 0.889 bits per heavy atom. The normalized spacial score (nSPS) is 11.0. The molecule has 1 amide bonds. The topological polar surface area (TPSA) is 169 Å². The molecule has 4 rings (SSSR count). The first-order valence-corrected chi connectivity index (χ1v) is 12.2. The van der Waals surface area contributed by atoms with Crippen LogP contribution >= 0.6 is 0 Å². The van der Waals surface area contributed by atoms with Crippen LogP contribution < -0.4 is 20.9 Å². The Kier molecular flexibility index (Phi) is 6.73. The maximum atomic E-state index is 12.9. The van der Waals surface area contributed by atoms with E-state index < -0.39 is 15.9 Å². The van der Waals surface area contributed by atoms with E-state index in [9.17, 15) is 18.3 Å². The van der Waals surface area contributed by atoms with Gasteiger partial charge in [-0.15, -0.1) is 0 Å². The van der Waals surface area contributed by atoms with E-state index in [0.29, 0.717) is 33.7 Å². The Morgan fingerprint density at radius 2 is 1.61 bits per heavy atom. The lowest BCUT2D eigenvalue weighted by atomic mass is 10.0. The fourth-order valence-electron chi connectivity index (χ4n) is 3.50. The Morgan fingerprint density at radius 3 is 2.31 bits per heavy atom. The van der Waals surface area contributed by atoms with Crippen LogP contribution in [0.3, 0.4) is 0 Å². The largest absolute Gasteiger partial charge is 0.508 e. The minimum absolute atomic E-state index is 0.0121. The van der Waals surface area contributed by atoms with Gasteiger partial charge in [-0.25, -0.2) is 13.6 Å². The maximum Gasteiger partial charge on any atom is 0.255 e. The molecule has 0 spiro atoms. The molecule has 0 heterocycles. The van der Waals surface area contributed by atoms with Gasteiger partial charge in [-0.2, -0.15) is 0 Å².